The lowest BCUT2D eigenvalue weighted by atomic mass is 10.1. The minimum absolute atomic E-state index is 0.258. The van der Waals surface area contributed by atoms with Gasteiger partial charge in [-0.15, -0.1) is 0 Å². The van der Waals surface area contributed by atoms with Gasteiger partial charge in [-0.3, -0.25) is 0 Å². The fraction of sp³-hybridized carbons (Fsp3) is 0.769. The Hall–Kier alpha value is -1.04. The van der Waals surface area contributed by atoms with E-state index in [2.05, 4.69) is 21.8 Å². The van der Waals surface area contributed by atoms with Gasteiger partial charge in [0.05, 0.1) is 17.2 Å². The van der Waals surface area contributed by atoms with Crippen LogP contribution in [0.5, 0.6) is 0 Å². The summed E-state index contributed by atoms with van der Waals surface area (Å²) in [5.74, 6) is 1.47. The molecule has 1 aliphatic rings. The monoisotopic (exact) mass is 285 g/mol. The highest BCUT2D eigenvalue weighted by atomic mass is 32.2. The molecule has 1 aliphatic heterocycles. The van der Waals surface area contributed by atoms with Gasteiger partial charge in [0.15, 0.2) is 0 Å². The molecule has 19 heavy (non-hydrogen) atoms. The van der Waals surface area contributed by atoms with Crippen molar-refractivity contribution in [2.45, 2.75) is 45.6 Å². The normalized spacial score (nSPS) is 19.5. The smallest absolute Gasteiger partial charge is 0.203 e. The number of aryl methyl sites for hydroxylation is 1. The Kier molecular flexibility index (Phi) is 4.50. The maximum Gasteiger partial charge on any atom is 0.203 e. The quantitative estimate of drug-likeness (QED) is 0.842. The Morgan fingerprint density at radius 2 is 2.11 bits per heavy atom. The van der Waals surface area contributed by atoms with Crippen molar-refractivity contribution in [1.82, 2.24) is 9.55 Å². The van der Waals surface area contributed by atoms with E-state index in [1.165, 1.54) is 0 Å². The Morgan fingerprint density at radius 3 is 2.74 bits per heavy atom. The van der Waals surface area contributed by atoms with Gasteiger partial charge in [-0.25, -0.2) is 13.4 Å². The van der Waals surface area contributed by atoms with Crippen LogP contribution in [0, 0.1) is 6.92 Å². The lowest BCUT2D eigenvalue weighted by Gasteiger charge is -2.24. The molecule has 1 fully saturated rings. The average molecular weight is 285 g/mol. The highest BCUT2D eigenvalue weighted by molar-refractivity contribution is 7.91. The molecule has 1 N–H and O–H groups in total. The average Bonchev–Trinajstić information content (AvgIpc) is 2.71. The minimum Gasteiger partial charge on any atom is -0.356 e. The highest BCUT2D eigenvalue weighted by Crippen LogP contribution is 2.27. The van der Waals surface area contributed by atoms with Crippen LogP contribution >= 0.6 is 0 Å². The number of sulfone groups is 1. The molecule has 0 radical (unpaired) electrons. The second kappa shape index (κ2) is 5.94. The summed E-state index contributed by atoms with van der Waals surface area (Å²) in [6.45, 7) is 5.05. The highest BCUT2D eigenvalue weighted by Gasteiger charge is 2.26. The molecular weight excluding hydrogens is 262 g/mol. The van der Waals surface area contributed by atoms with Crippen molar-refractivity contribution in [3.63, 3.8) is 0 Å². The summed E-state index contributed by atoms with van der Waals surface area (Å²) >= 11 is 0. The first kappa shape index (κ1) is 14.4. The molecule has 0 unspecified atom stereocenters. The van der Waals surface area contributed by atoms with E-state index < -0.39 is 9.84 Å². The maximum absolute atomic E-state index is 11.5. The zero-order chi connectivity index (χ0) is 13.9. The van der Waals surface area contributed by atoms with Crippen LogP contribution in [-0.2, 0) is 9.84 Å². The number of nitrogens with zero attached hydrogens (tertiary/aromatic N) is 2. The number of unbranched alkanes of at least 4 members (excludes halogenated alkanes) is 1. The minimum atomic E-state index is -2.80. The Labute approximate surface area is 115 Å². The van der Waals surface area contributed by atoms with Gasteiger partial charge in [0.25, 0.3) is 0 Å². The van der Waals surface area contributed by atoms with Crippen molar-refractivity contribution in [2.75, 3.05) is 23.4 Å². The molecule has 2 rings (SSSR count). The molecule has 0 aromatic carbocycles. The first-order chi connectivity index (χ1) is 9.02. The molecule has 0 saturated carbocycles. The topological polar surface area (TPSA) is 64.0 Å². The van der Waals surface area contributed by atoms with Crippen LogP contribution in [0.25, 0.3) is 0 Å². The number of rotatable bonds is 5. The van der Waals surface area contributed by atoms with E-state index in [-0.39, 0.29) is 6.04 Å². The molecule has 108 valence electrons. The summed E-state index contributed by atoms with van der Waals surface area (Å²) in [5.41, 5.74) is 0.979. The van der Waals surface area contributed by atoms with Crippen molar-refractivity contribution in [2.24, 2.45) is 0 Å². The lowest BCUT2D eigenvalue weighted by Crippen LogP contribution is -2.26. The third-order valence-corrected chi connectivity index (χ3v) is 5.30. The van der Waals surface area contributed by atoms with E-state index >= 15 is 0 Å². The molecule has 6 heteroatoms. The summed E-state index contributed by atoms with van der Waals surface area (Å²) in [7, 11) is -2.80. The van der Waals surface area contributed by atoms with Crippen LogP contribution < -0.4 is 5.32 Å². The van der Waals surface area contributed by atoms with E-state index in [0.29, 0.717) is 24.3 Å². The Morgan fingerprint density at radius 1 is 1.42 bits per heavy atom. The van der Waals surface area contributed by atoms with Gasteiger partial charge in [0, 0.05) is 18.8 Å². The van der Waals surface area contributed by atoms with Gasteiger partial charge in [0.1, 0.15) is 9.84 Å². The number of imidazole rings is 1. The standard InChI is InChI=1S/C13H23N3O2S/c1-3-4-7-14-13-15-11(2)10-16(13)12-5-8-19(17,18)9-6-12/h10,12H,3-9H2,1-2H3,(H,14,15). The van der Waals surface area contributed by atoms with Crippen LogP contribution in [0.2, 0.25) is 0 Å². The predicted molar refractivity (Wildman–Crippen MR) is 77.3 cm³/mol. The predicted octanol–water partition coefficient (Wildman–Crippen LogP) is 2.15. The lowest BCUT2D eigenvalue weighted by molar-refractivity contribution is 0.452. The van der Waals surface area contributed by atoms with Gasteiger partial charge in [-0.2, -0.15) is 0 Å². The SMILES string of the molecule is CCCCNc1nc(C)cn1C1CCS(=O)(=O)CC1. The number of hydrogen-bond acceptors (Lipinski definition) is 4. The number of aromatic nitrogens is 2. The Balaban J connectivity index is 2.07. The fourth-order valence-corrected chi connectivity index (χ4v) is 3.92. The molecule has 0 spiro atoms. The van der Waals surface area contributed by atoms with Crippen molar-refractivity contribution in [3.8, 4) is 0 Å². The Bertz CT molecular complexity index is 508. The third-order valence-electron chi connectivity index (χ3n) is 3.58. The molecule has 0 atom stereocenters. The van der Waals surface area contributed by atoms with Crippen molar-refractivity contribution < 1.29 is 8.42 Å². The summed E-state index contributed by atoms with van der Waals surface area (Å²) in [6.07, 6.45) is 5.68. The molecule has 0 aliphatic carbocycles. The second-order valence-corrected chi connectivity index (χ2v) is 7.58. The van der Waals surface area contributed by atoms with E-state index in [0.717, 1.165) is 31.0 Å². The van der Waals surface area contributed by atoms with E-state index in [1.807, 2.05) is 13.1 Å². The van der Waals surface area contributed by atoms with Gasteiger partial charge in [-0.1, -0.05) is 13.3 Å². The zero-order valence-corrected chi connectivity index (χ0v) is 12.5. The number of nitrogens with one attached hydrogen (secondary N) is 1. The summed E-state index contributed by atoms with van der Waals surface area (Å²) in [6, 6.07) is 0.258. The van der Waals surface area contributed by atoms with Crippen LogP contribution in [0.15, 0.2) is 6.20 Å². The molecule has 5 nitrogen and oxygen atoms in total. The van der Waals surface area contributed by atoms with Gasteiger partial charge < -0.3 is 9.88 Å². The van der Waals surface area contributed by atoms with E-state index in [1.54, 1.807) is 0 Å². The van der Waals surface area contributed by atoms with Crippen LogP contribution in [0.4, 0.5) is 5.95 Å². The fourth-order valence-electron chi connectivity index (χ4n) is 2.46. The van der Waals surface area contributed by atoms with Gasteiger partial charge in [-0.05, 0) is 26.2 Å². The van der Waals surface area contributed by atoms with Crippen LogP contribution in [0.1, 0.15) is 44.3 Å². The maximum atomic E-state index is 11.5. The van der Waals surface area contributed by atoms with Crippen LogP contribution in [0.3, 0.4) is 0 Å². The van der Waals surface area contributed by atoms with Crippen LogP contribution in [-0.4, -0.2) is 36.0 Å². The van der Waals surface area contributed by atoms with E-state index in [9.17, 15) is 8.42 Å². The molecule has 0 bridgehead atoms. The summed E-state index contributed by atoms with van der Waals surface area (Å²) in [5, 5.41) is 3.36. The van der Waals surface area contributed by atoms with Crippen molar-refractivity contribution >= 4 is 15.8 Å². The first-order valence-electron chi connectivity index (χ1n) is 7.01. The molecule has 2 heterocycles. The zero-order valence-electron chi connectivity index (χ0n) is 11.7. The molecule has 1 saturated heterocycles. The number of hydrogen-bond donors (Lipinski definition) is 1. The first-order valence-corrected chi connectivity index (χ1v) is 8.84. The van der Waals surface area contributed by atoms with Gasteiger partial charge in [0.2, 0.25) is 5.95 Å². The van der Waals surface area contributed by atoms with E-state index in [4.69, 9.17) is 0 Å². The summed E-state index contributed by atoms with van der Waals surface area (Å²) < 4.78 is 25.1. The summed E-state index contributed by atoms with van der Waals surface area (Å²) in [4.78, 5) is 4.50. The molecular formula is C13H23N3O2S. The largest absolute Gasteiger partial charge is 0.356 e. The number of anilines is 1. The second-order valence-electron chi connectivity index (χ2n) is 5.28. The molecule has 1 aromatic heterocycles. The molecule has 1 aromatic rings. The van der Waals surface area contributed by atoms with Crippen molar-refractivity contribution in [3.05, 3.63) is 11.9 Å². The van der Waals surface area contributed by atoms with Crippen molar-refractivity contribution in [1.29, 1.82) is 0 Å². The van der Waals surface area contributed by atoms with Gasteiger partial charge >= 0.3 is 0 Å². The third kappa shape index (κ3) is 3.72. The molecule has 0 amide bonds.